The number of nitrogens with zero attached hydrogens (tertiary/aromatic N) is 2. The van der Waals surface area contributed by atoms with Gasteiger partial charge in [0.2, 0.25) is 0 Å². The molecular weight excluding hydrogens is 256 g/mol. The Labute approximate surface area is 117 Å². The van der Waals surface area contributed by atoms with Crippen molar-refractivity contribution in [2.75, 3.05) is 0 Å². The number of hydrogen-bond donors (Lipinski definition) is 0. The van der Waals surface area contributed by atoms with Crippen molar-refractivity contribution >= 4 is 22.5 Å². The maximum Gasteiger partial charge on any atom is 0.161 e. The molecule has 2 nitrogen and oxygen atoms in total. The molecule has 3 rings (SSSR count). The minimum Gasteiger partial charge on any atom is -0.228 e. The summed E-state index contributed by atoms with van der Waals surface area (Å²) in [6, 6.07) is 16.0. The van der Waals surface area contributed by atoms with Crippen LogP contribution in [0.4, 0.5) is 0 Å². The fourth-order valence-corrected chi connectivity index (χ4v) is 2.41. The largest absolute Gasteiger partial charge is 0.228 e. The second kappa shape index (κ2) is 4.98. The molecule has 3 aromatic rings. The molecule has 0 bridgehead atoms. The molecule has 19 heavy (non-hydrogen) atoms. The van der Waals surface area contributed by atoms with Gasteiger partial charge in [-0.05, 0) is 18.1 Å². The van der Waals surface area contributed by atoms with Gasteiger partial charge in [-0.2, -0.15) is 0 Å². The number of aryl methyl sites for hydroxylation is 1. The van der Waals surface area contributed by atoms with Crippen LogP contribution in [0.2, 0.25) is 5.15 Å². The minimum absolute atomic E-state index is 0.513. The molecule has 0 N–H and O–H groups in total. The third-order valence-corrected chi connectivity index (χ3v) is 3.46. The van der Waals surface area contributed by atoms with E-state index >= 15 is 0 Å². The van der Waals surface area contributed by atoms with Crippen LogP contribution in [0.15, 0.2) is 48.5 Å². The Morgan fingerprint density at radius 3 is 2.47 bits per heavy atom. The molecule has 0 unspecified atom stereocenters. The van der Waals surface area contributed by atoms with Crippen molar-refractivity contribution in [3.63, 3.8) is 0 Å². The zero-order valence-electron chi connectivity index (χ0n) is 10.6. The van der Waals surface area contributed by atoms with Crippen LogP contribution in [0.3, 0.4) is 0 Å². The number of hydrogen-bond acceptors (Lipinski definition) is 2. The van der Waals surface area contributed by atoms with E-state index in [-0.39, 0.29) is 0 Å². The first-order chi connectivity index (χ1) is 9.29. The summed E-state index contributed by atoms with van der Waals surface area (Å²) in [6.45, 7) is 2.12. The van der Waals surface area contributed by atoms with E-state index in [1.165, 1.54) is 5.56 Å². The van der Waals surface area contributed by atoms with Crippen LogP contribution in [0.5, 0.6) is 0 Å². The zero-order valence-corrected chi connectivity index (χ0v) is 11.4. The van der Waals surface area contributed by atoms with Crippen LogP contribution in [0.1, 0.15) is 12.5 Å². The van der Waals surface area contributed by atoms with Gasteiger partial charge in [-0.1, -0.05) is 61.0 Å². The second-order valence-corrected chi connectivity index (χ2v) is 4.73. The lowest BCUT2D eigenvalue weighted by molar-refractivity contribution is 1.13. The molecule has 0 aliphatic carbocycles. The molecule has 1 aromatic heterocycles. The van der Waals surface area contributed by atoms with E-state index in [0.29, 0.717) is 11.0 Å². The maximum atomic E-state index is 6.29. The number of rotatable bonds is 2. The fourth-order valence-electron chi connectivity index (χ4n) is 2.18. The SMILES string of the molecule is CCc1cccc2c(Cl)nc(-c3ccccc3)nc12. The minimum atomic E-state index is 0.513. The van der Waals surface area contributed by atoms with Gasteiger partial charge in [-0.15, -0.1) is 0 Å². The van der Waals surface area contributed by atoms with Crippen molar-refractivity contribution in [1.82, 2.24) is 9.97 Å². The van der Waals surface area contributed by atoms with Gasteiger partial charge in [0, 0.05) is 10.9 Å². The first-order valence-electron chi connectivity index (χ1n) is 6.30. The van der Waals surface area contributed by atoms with E-state index in [4.69, 9.17) is 11.6 Å². The number of fused-ring (bicyclic) bond motifs is 1. The molecule has 0 aliphatic rings. The smallest absolute Gasteiger partial charge is 0.161 e. The first-order valence-corrected chi connectivity index (χ1v) is 6.68. The van der Waals surface area contributed by atoms with Crippen LogP contribution in [-0.2, 0) is 6.42 Å². The van der Waals surface area contributed by atoms with Gasteiger partial charge in [0.15, 0.2) is 5.82 Å². The number of benzene rings is 2. The summed E-state index contributed by atoms with van der Waals surface area (Å²) in [5.74, 6) is 0.680. The van der Waals surface area contributed by atoms with Gasteiger partial charge in [0.1, 0.15) is 5.15 Å². The molecule has 2 aromatic carbocycles. The van der Waals surface area contributed by atoms with Crippen LogP contribution < -0.4 is 0 Å². The third-order valence-electron chi connectivity index (χ3n) is 3.18. The highest BCUT2D eigenvalue weighted by atomic mass is 35.5. The lowest BCUT2D eigenvalue weighted by Gasteiger charge is -2.07. The monoisotopic (exact) mass is 268 g/mol. The van der Waals surface area contributed by atoms with Crippen LogP contribution >= 0.6 is 11.6 Å². The molecule has 0 saturated carbocycles. The number of halogens is 1. The van der Waals surface area contributed by atoms with Crippen molar-refractivity contribution in [2.45, 2.75) is 13.3 Å². The number of para-hydroxylation sites is 1. The molecule has 0 fully saturated rings. The Morgan fingerprint density at radius 1 is 0.947 bits per heavy atom. The predicted octanol–water partition coefficient (Wildman–Crippen LogP) is 4.51. The molecule has 0 spiro atoms. The molecule has 0 atom stereocenters. The summed E-state index contributed by atoms with van der Waals surface area (Å²) in [7, 11) is 0. The summed E-state index contributed by atoms with van der Waals surface area (Å²) >= 11 is 6.29. The molecule has 0 aliphatic heterocycles. The molecule has 3 heteroatoms. The summed E-state index contributed by atoms with van der Waals surface area (Å²) in [4.78, 5) is 9.08. The molecule has 1 heterocycles. The van der Waals surface area contributed by atoms with E-state index in [1.807, 2.05) is 42.5 Å². The highest BCUT2D eigenvalue weighted by Crippen LogP contribution is 2.26. The molecule has 0 radical (unpaired) electrons. The summed E-state index contributed by atoms with van der Waals surface area (Å²) in [5, 5.41) is 1.43. The van der Waals surface area contributed by atoms with Crippen molar-refractivity contribution < 1.29 is 0 Å². The number of aromatic nitrogens is 2. The van der Waals surface area contributed by atoms with Crippen LogP contribution in [-0.4, -0.2) is 9.97 Å². The Morgan fingerprint density at radius 2 is 1.74 bits per heavy atom. The molecular formula is C16H13ClN2. The highest BCUT2D eigenvalue weighted by molar-refractivity contribution is 6.34. The molecule has 0 saturated heterocycles. The van der Waals surface area contributed by atoms with Gasteiger partial charge in [0.25, 0.3) is 0 Å². The fraction of sp³-hybridized carbons (Fsp3) is 0.125. The quantitative estimate of drug-likeness (QED) is 0.639. The third kappa shape index (κ3) is 2.20. The molecule has 0 amide bonds. The Bertz CT molecular complexity index is 723. The van der Waals surface area contributed by atoms with Gasteiger partial charge in [0.05, 0.1) is 5.52 Å². The van der Waals surface area contributed by atoms with Gasteiger partial charge < -0.3 is 0 Å². The zero-order chi connectivity index (χ0) is 13.2. The van der Waals surface area contributed by atoms with Gasteiger partial charge in [-0.25, -0.2) is 9.97 Å². The standard InChI is InChI=1S/C16H13ClN2/c1-2-11-9-6-10-13-14(11)18-16(19-15(13)17)12-7-4-3-5-8-12/h3-10H,2H2,1H3. The summed E-state index contributed by atoms with van der Waals surface area (Å²) in [6.07, 6.45) is 0.929. The lowest BCUT2D eigenvalue weighted by Crippen LogP contribution is -1.94. The Kier molecular flexibility index (Phi) is 3.18. The van der Waals surface area contributed by atoms with Gasteiger partial charge in [-0.3, -0.25) is 0 Å². The maximum absolute atomic E-state index is 6.29. The van der Waals surface area contributed by atoms with E-state index in [1.54, 1.807) is 0 Å². The van der Waals surface area contributed by atoms with Crippen LogP contribution in [0.25, 0.3) is 22.3 Å². The molecule has 94 valence electrons. The second-order valence-electron chi connectivity index (χ2n) is 4.37. The van der Waals surface area contributed by atoms with E-state index in [2.05, 4.69) is 23.0 Å². The van der Waals surface area contributed by atoms with Crippen molar-refractivity contribution in [3.8, 4) is 11.4 Å². The topological polar surface area (TPSA) is 25.8 Å². The van der Waals surface area contributed by atoms with Crippen LogP contribution in [0, 0.1) is 0 Å². The van der Waals surface area contributed by atoms with E-state index in [9.17, 15) is 0 Å². The normalized spacial score (nSPS) is 10.8. The van der Waals surface area contributed by atoms with Crippen molar-refractivity contribution in [3.05, 3.63) is 59.2 Å². The highest BCUT2D eigenvalue weighted by Gasteiger charge is 2.09. The average molecular weight is 269 g/mol. The summed E-state index contributed by atoms with van der Waals surface area (Å²) < 4.78 is 0. The predicted molar refractivity (Wildman–Crippen MR) is 79.4 cm³/mol. The van der Waals surface area contributed by atoms with E-state index in [0.717, 1.165) is 22.9 Å². The lowest BCUT2D eigenvalue weighted by atomic mass is 10.1. The first kappa shape index (κ1) is 12.1. The van der Waals surface area contributed by atoms with E-state index < -0.39 is 0 Å². The van der Waals surface area contributed by atoms with Gasteiger partial charge >= 0.3 is 0 Å². The Hall–Kier alpha value is -1.93. The Balaban J connectivity index is 2.29. The van der Waals surface area contributed by atoms with Crippen molar-refractivity contribution in [1.29, 1.82) is 0 Å². The average Bonchev–Trinajstić information content (AvgIpc) is 2.47. The van der Waals surface area contributed by atoms with Crippen molar-refractivity contribution in [2.24, 2.45) is 0 Å². The summed E-state index contributed by atoms with van der Waals surface area (Å²) in [5.41, 5.74) is 3.13.